The molecule has 3 aromatic rings. The monoisotopic (exact) mass is 211 g/mol. The maximum absolute atomic E-state index is 10.9. The minimum Gasteiger partial charge on any atom is -0.437 e. The van der Waals surface area contributed by atoms with Crippen LogP contribution < -0.4 is 0 Å². The van der Waals surface area contributed by atoms with Crippen LogP contribution in [0.5, 0.6) is 0 Å². The molecule has 3 heteroatoms. The molecule has 0 bridgehead atoms. The Morgan fingerprint density at radius 3 is 2.88 bits per heavy atom. The second-order valence-corrected chi connectivity index (χ2v) is 3.75. The standard InChI is InChI=1S/C13H9NO2/c1-8-5-6-11-10-4-2-3-9(7-15)12(10)16-13(11)14-8/h2-7H,1H3. The number of rotatable bonds is 1. The zero-order valence-corrected chi connectivity index (χ0v) is 8.73. The number of fused-ring (bicyclic) bond motifs is 3. The van der Waals surface area contributed by atoms with E-state index in [1.54, 1.807) is 6.07 Å². The number of benzene rings is 1. The first-order chi connectivity index (χ1) is 7.79. The largest absolute Gasteiger partial charge is 0.437 e. The van der Waals surface area contributed by atoms with Gasteiger partial charge in [0, 0.05) is 16.5 Å². The van der Waals surface area contributed by atoms with Gasteiger partial charge >= 0.3 is 0 Å². The second kappa shape index (κ2) is 3.17. The SMILES string of the molecule is Cc1ccc2c(n1)oc1c(C=O)cccc12. The van der Waals surface area contributed by atoms with Crippen LogP contribution in [0.15, 0.2) is 34.7 Å². The van der Waals surface area contributed by atoms with Gasteiger partial charge in [0.05, 0.1) is 5.56 Å². The van der Waals surface area contributed by atoms with E-state index in [4.69, 9.17) is 4.42 Å². The molecule has 0 amide bonds. The number of carbonyl (C=O) groups excluding carboxylic acids is 1. The quantitative estimate of drug-likeness (QED) is 0.581. The lowest BCUT2D eigenvalue weighted by molar-refractivity contribution is 0.112. The van der Waals surface area contributed by atoms with Crippen molar-refractivity contribution in [2.24, 2.45) is 0 Å². The molecule has 2 heterocycles. The van der Waals surface area contributed by atoms with Crippen molar-refractivity contribution in [3.63, 3.8) is 0 Å². The van der Waals surface area contributed by atoms with Gasteiger partial charge in [0.15, 0.2) is 6.29 Å². The van der Waals surface area contributed by atoms with Gasteiger partial charge in [-0.2, -0.15) is 0 Å². The van der Waals surface area contributed by atoms with Crippen LogP contribution in [0.3, 0.4) is 0 Å². The van der Waals surface area contributed by atoms with Crippen LogP contribution in [0, 0.1) is 6.92 Å². The number of furan rings is 1. The van der Waals surface area contributed by atoms with E-state index in [0.717, 1.165) is 22.8 Å². The van der Waals surface area contributed by atoms with Crippen LogP contribution in [0.25, 0.3) is 22.1 Å². The van der Waals surface area contributed by atoms with Gasteiger partial charge in [-0.1, -0.05) is 12.1 Å². The molecule has 2 aromatic heterocycles. The Kier molecular flexibility index (Phi) is 1.80. The molecule has 0 saturated carbocycles. The number of pyridine rings is 1. The van der Waals surface area contributed by atoms with Crippen molar-refractivity contribution in [3.05, 3.63) is 41.6 Å². The summed E-state index contributed by atoms with van der Waals surface area (Å²) in [4.78, 5) is 15.2. The van der Waals surface area contributed by atoms with Gasteiger partial charge in [-0.15, -0.1) is 0 Å². The molecular formula is C13H9NO2. The van der Waals surface area contributed by atoms with Gasteiger partial charge in [0.2, 0.25) is 5.71 Å². The molecule has 3 rings (SSSR count). The number of nitrogens with zero attached hydrogens (tertiary/aromatic N) is 1. The average Bonchev–Trinajstić information content (AvgIpc) is 2.65. The molecule has 0 aliphatic carbocycles. The van der Waals surface area contributed by atoms with Gasteiger partial charge in [-0.25, -0.2) is 4.98 Å². The van der Waals surface area contributed by atoms with Crippen LogP contribution in [-0.2, 0) is 0 Å². The number of hydrogen-bond acceptors (Lipinski definition) is 3. The van der Waals surface area contributed by atoms with E-state index in [9.17, 15) is 4.79 Å². The van der Waals surface area contributed by atoms with Crippen LogP contribution in [0.1, 0.15) is 16.1 Å². The summed E-state index contributed by atoms with van der Waals surface area (Å²) >= 11 is 0. The van der Waals surface area contributed by atoms with E-state index in [2.05, 4.69) is 4.98 Å². The lowest BCUT2D eigenvalue weighted by Crippen LogP contribution is -1.78. The van der Waals surface area contributed by atoms with Crippen molar-refractivity contribution in [3.8, 4) is 0 Å². The normalized spacial score (nSPS) is 11.1. The highest BCUT2D eigenvalue weighted by Crippen LogP contribution is 2.29. The third-order valence-electron chi connectivity index (χ3n) is 2.66. The van der Waals surface area contributed by atoms with Crippen molar-refractivity contribution in [2.45, 2.75) is 6.92 Å². The molecule has 0 radical (unpaired) electrons. The molecule has 0 atom stereocenters. The zero-order valence-electron chi connectivity index (χ0n) is 8.73. The highest BCUT2D eigenvalue weighted by Gasteiger charge is 2.10. The molecule has 16 heavy (non-hydrogen) atoms. The predicted octanol–water partition coefficient (Wildman–Crippen LogP) is 3.10. The topological polar surface area (TPSA) is 43.1 Å². The first-order valence-electron chi connectivity index (χ1n) is 5.03. The van der Waals surface area contributed by atoms with Crippen molar-refractivity contribution < 1.29 is 9.21 Å². The van der Waals surface area contributed by atoms with Crippen molar-refractivity contribution in [2.75, 3.05) is 0 Å². The van der Waals surface area contributed by atoms with Gasteiger partial charge in [-0.3, -0.25) is 4.79 Å². The highest BCUT2D eigenvalue weighted by molar-refractivity contribution is 6.08. The number of para-hydroxylation sites is 1. The maximum atomic E-state index is 10.9. The molecule has 78 valence electrons. The van der Waals surface area contributed by atoms with Gasteiger partial charge in [0.1, 0.15) is 5.58 Å². The summed E-state index contributed by atoms with van der Waals surface area (Å²) < 4.78 is 5.61. The van der Waals surface area contributed by atoms with E-state index in [-0.39, 0.29) is 0 Å². The summed E-state index contributed by atoms with van der Waals surface area (Å²) in [5.41, 5.74) is 2.67. The molecule has 0 saturated heterocycles. The molecule has 0 aliphatic heterocycles. The van der Waals surface area contributed by atoms with E-state index in [1.807, 2.05) is 31.2 Å². The fourth-order valence-electron chi connectivity index (χ4n) is 1.89. The predicted molar refractivity (Wildman–Crippen MR) is 61.6 cm³/mol. The van der Waals surface area contributed by atoms with Crippen LogP contribution in [-0.4, -0.2) is 11.3 Å². The summed E-state index contributed by atoms with van der Waals surface area (Å²) in [6.45, 7) is 1.91. The molecule has 0 spiro atoms. The summed E-state index contributed by atoms with van der Waals surface area (Å²) in [6, 6.07) is 9.43. The Labute approximate surface area is 91.7 Å². The van der Waals surface area contributed by atoms with Crippen LogP contribution in [0.4, 0.5) is 0 Å². The van der Waals surface area contributed by atoms with Gasteiger partial charge < -0.3 is 4.42 Å². The Bertz CT molecular complexity index is 698. The fraction of sp³-hybridized carbons (Fsp3) is 0.0769. The fourth-order valence-corrected chi connectivity index (χ4v) is 1.89. The lowest BCUT2D eigenvalue weighted by atomic mass is 10.1. The van der Waals surface area contributed by atoms with Crippen molar-refractivity contribution >= 4 is 28.4 Å². The van der Waals surface area contributed by atoms with Gasteiger partial charge in [-0.05, 0) is 25.1 Å². The molecule has 0 fully saturated rings. The minimum atomic E-state index is 0.563. The highest BCUT2D eigenvalue weighted by atomic mass is 16.3. The lowest BCUT2D eigenvalue weighted by Gasteiger charge is -1.90. The maximum Gasteiger partial charge on any atom is 0.227 e. The number of carbonyl (C=O) groups is 1. The van der Waals surface area contributed by atoms with Crippen molar-refractivity contribution in [1.82, 2.24) is 4.98 Å². The Morgan fingerprint density at radius 1 is 1.19 bits per heavy atom. The molecule has 0 aliphatic rings. The van der Waals surface area contributed by atoms with Crippen LogP contribution in [0.2, 0.25) is 0 Å². The number of hydrogen-bond donors (Lipinski definition) is 0. The van der Waals surface area contributed by atoms with Gasteiger partial charge in [0.25, 0.3) is 0 Å². The summed E-state index contributed by atoms with van der Waals surface area (Å²) in [5.74, 6) is 0. The zero-order chi connectivity index (χ0) is 11.1. The number of aromatic nitrogens is 1. The Morgan fingerprint density at radius 2 is 2.06 bits per heavy atom. The smallest absolute Gasteiger partial charge is 0.227 e. The number of aryl methyl sites for hydroxylation is 1. The third kappa shape index (κ3) is 1.15. The molecule has 1 aromatic carbocycles. The van der Waals surface area contributed by atoms with Crippen LogP contribution >= 0.6 is 0 Å². The summed E-state index contributed by atoms with van der Waals surface area (Å²) in [7, 11) is 0. The van der Waals surface area contributed by atoms with E-state index < -0.39 is 0 Å². The molecule has 0 N–H and O–H groups in total. The Hall–Kier alpha value is -2.16. The average molecular weight is 211 g/mol. The third-order valence-corrected chi connectivity index (χ3v) is 2.66. The number of aldehydes is 1. The second-order valence-electron chi connectivity index (χ2n) is 3.75. The molecular weight excluding hydrogens is 202 g/mol. The minimum absolute atomic E-state index is 0.563. The van der Waals surface area contributed by atoms with Crippen molar-refractivity contribution in [1.29, 1.82) is 0 Å². The summed E-state index contributed by atoms with van der Waals surface area (Å²) in [5, 5.41) is 1.89. The van der Waals surface area contributed by atoms with E-state index in [1.165, 1.54) is 0 Å². The Balaban J connectivity index is 2.54. The summed E-state index contributed by atoms with van der Waals surface area (Å²) in [6.07, 6.45) is 0.803. The molecule has 3 nitrogen and oxygen atoms in total. The molecule has 0 unspecified atom stereocenters. The first kappa shape index (κ1) is 9.09. The van der Waals surface area contributed by atoms with E-state index >= 15 is 0 Å². The first-order valence-corrected chi connectivity index (χ1v) is 5.03. The van der Waals surface area contributed by atoms with E-state index in [0.29, 0.717) is 16.9 Å².